The third kappa shape index (κ3) is 3.39. The molecule has 1 nitrogen and oxygen atoms in total. The summed E-state index contributed by atoms with van der Waals surface area (Å²) in [7, 11) is 0. The van der Waals surface area contributed by atoms with Crippen LogP contribution in [0.3, 0.4) is 0 Å². The molecule has 0 radical (unpaired) electrons. The minimum absolute atomic E-state index is 0.450. The van der Waals surface area contributed by atoms with Gasteiger partial charge < -0.3 is 5.11 Å². The summed E-state index contributed by atoms with van der Waals surface area (Å²) in [5.41, 5.74) is 4.52. The number of rotatable bonds is 4. The molecule has 0 amide bonds. The van der Waals surface area contributed by atoms with E-state index < -0.39 is 6.10 Å². The third-order valence-electron chi connectivity index (χ3n) is 3.67. The Kier molecular flexibility index (Phi) is 4.13. The summed E-state index contributed by atoms with van der Waals surface area (Å²) >= 11 is 0. The van der Waals surface area contributed by atoms with Crippen LogP contribution in [0.4, 0.5) is 0 Å². The van der Waals surface area contributed by atoms with Crippen LogP contribution in [-0.4, -0.2) is 5.11 Å². The Bertz CT molecular complexity index is 672. The number of benzene rings is 3. The molecule has 0 aromatic heterocycles. The Hall–Kier alpha value is -2.38. The van der Waals surface area contributed by atoms with Crippen LogP contribution in [-0.2, 0) is 6.42 Å². The van der Waals surface area contributed by atoms with E-state index in [1.54, 1.807) is 0 Å². The molecule has 0 aliphatic heterocycles. The lowest BCUT2D eigenvalue weighted by Crippen LogP contribution is -2.01. The van der Waals surface area contributed by atoms with Crippen LogP contribution >= 0.6 is 0 Å². The molecule has 3 aromatic rings. The van der Waals surface area contributed by atoms with Crippen molar-refractivity contribution in [3.8, 4) is 11.1 Å². The minimum atomic E-state index is -0.450. The smallest absolute Gasteiger partial charge is 0.0830 e. The first-order valence-corrected chi connectivity index (χ1v) is 7.20. The molecule has 0 heterocycles. The van der Waals surface area contributed by atoms with Crippen LogP contribution in [0.1, 0.15) is 17.2 Å². The van der Waals surface area contributed by atoms with Gasteiger partial charge in [0.05, 0.1) is 6.10 Å². The van der Waals surface area contributed by atoms with Gasteiger partial charge in [-0.05, 0) is 22.3 Å². The number of aliphatic hydroxyl groups excluding tert-OH is 1. The first-order chi connectivity index (χ1) is 10.3. The second-order valence-corrected chi connectivity index (χ2v) is 5.19. The van der Waals surface area contributed by atoms with Crippen molar-refractivity contribution in [2.45, 2.75) is 12.5 Å². The first-order valence-electron chi connectivity index (χ1n) is 7.20. The molecule has 1 heteroatoms. The van der Waals surface area contributed by atoms with E-state index in [2.05, 4.69) is 36.4 Å². The van der Waals surface area contributed by atoms with Crippen LogP contribution in [0.5, 0.6) is 0 Å². The molecule has 0 aliphatic rings. The Morgan fingerprint density at radius 2 is 1.14 bits per heavy atom. The van der Waals surface area contributed by atoms with E-state index >= 15 is 0 Å². The van der Waals surface area contributed by atoms with E-state index in [0.717, 1.165) is 11.1 Å². The Balaban J connectivity index is 1.73. The molecule has 0 aliphatic carbocycles. The van der Waals surface area contributed by atoms with Crippen molar-refractivity contribution in [3.63, 3.8) is 0 Å². The van der Waals surface area contributed by atoms with Gasteiger partial charge in [0.15, 0.2) is 0 Å². The Morgan fingerprint density at radius 3 is 1.76 bits per heavy atom. The fraction of sp³-hybridized carbons (Fsp3) is 0.100. The van der Waals surface area contributed by atoms with Gasteiger partial charge in [-0.2, -0.15) is 0 Å². The van der Waals surface area contributed by atoms with E-state index in [0.29, 0.717) is 6.42 Å². The van der Waals surface area contributed by atoms with E-state index in [1.807, 2.05) is 48.5 Å². The summed E-state index contributed by atoms with van der Waals surface area (Å²) in [6, 6.07) is 28.5. The van der Waals surface area contributed by atoms with Crippen molar-refractivity contribution in [3.05, 3.63) is 96.1 Å². The minimum Gasteiger partial charge on any atom is -0.388 e. The average Bonchev–Trinajstić information content (AvgIpc) is 2.57. The van der Waals surface area contributed by atoms with E-state index in [4.69, 9.17) is 0 Å². The summed E-state index contributed by atoms with van der Waals surface area (Å²) in [6.45, 7) is 0. The van der Waals surface area contributed by atoms with Crippen molar-refractivity contribution in [2.24, 2.45) is 0 Å². The molecule has 1 N–H and O–H groups in total. The number of hydrogen-bond acceptors (Lipinski definition) is 1. The molecule has 21 heavy (non-hydrogen) atoms. The zero-order valence-corrected chi connectivity index (χ0v) is 11.8. The zero-order valence-electron chi connectivity index (χ0n) is 11.8. The lowest BCUT2D eigenvalue weighted by molar-refractivity contribution is 0.178. The Labute approximate surface area is 125 Å². The van der Waals surface area contributed by atoms with Gasteiger partial charge in [0, 0.05) is 6.42 Å². The van der Waals surface area contributed by atoms with Crippen LogP contribution in [0.2, 0.25) is 0 Å². The van der Waals surface area contributed by atoms with Crippen molar-refractivity contribution in [1.29, 1.82) is 0 Å². The highest BCUT2D eigenvalue weighted by atomic mass is 16.3. The predicted octanol–water partition coefficient (Wildman–Crippen LogP) is 4.63. The van der Waals surface area contributed by atoms with Crippen LogP contribution in [0.15, 0.2) is 84.9 Å². The topological polar surface area (TPSA) is 20.2 Å². The van der Waals surface area contributed by atoms with Gasteiger partial charge in [0.2, 0.25) is 0 Å². The normalized spacial score (nSPS) is 12.0. The molecular weight excluding hydrogens is 256 g/mol. The molecule has 3 aromatic carbocycles. The maximum absolute atomic E-state index is 10.3. The Morgan fingerprint density at radius 1 is 0.619 bits per heavy atom. The summed E-state index contributed by atoms with van der Waals surface area (Å²) < 4.78 is 0. The van der Waals surface area contributed by atoms with Crippen LogP contribution < -0.4 is 0 Å². The molecule has 3 rings (SSSR count). The van der Waals surface area contributed by atoms with Gasteiger partial charge >= 0.3 is 0 Å². The second-order valence-electron chi connectivity index (χ2n) is 5.19. The summed E-state index contributed by atoms with van der Waals surface area (Å²) in [6.07, 6.45) is 0.188. The number of aliphatic hydroxyl groups is 1. The largest absolute Gasteiger partial charge is 0.388 e. The van der Waals surface area contributed by atoms with Gasteiger partial charge in [0.1, 0.15) is 0 Å². The molecule has 0 bridgehead atoms. The van der Waals surface area contributed by atoms with Gasteiger partial charge in [0.25, 0.3) is 0 Å². The monoisotopic (exact) mass is 274 g/mol. The lowest BCUT2D eigenvalue weighted by atomic mass is 9.99. The molecule has 104 valence electrons. The molecular formula is C20H18O. The summed E-state index contributed by atoms with van der Waals surface area (Å²) in [5, 5.41) is 10.3. The van der Waals surface area contributed by atoms with E-state index in [1.165, 1.54) is 11.1 Å². The standard InChI is InChI=1S/C20H18O/c21-20(19-9-5-2-6-10-19)15-16-11-13-18(14-12-16)17-7-3-1-4-8-17/h1-14,20-21H,15H2. The molecule has 0 saturated carbocycles. The van der Waals surface area contributed by atoms with Gasteiger partial charge in [-0.25, -0.2) is 0 Å². The fourth-order valence-corrected chi connectivity index (χ4v) is 2.48. The summed E-state index contributed by atoms with van der Waals surface area (Å²) in [4.78, 5) is 0. The molecule has 0 saturated heterocycles. The number of hydrogen-bond donors (Lipinski definition) is 1. The SMILES string of the molecule is OC(Cc1ccc(-c2ccccc2)cc1)c1ccccc1. The fourth-order valence-electron chi connectivity index (χ4n) is 2.48. The molecule has 0 spiro atoms. The first kappa shape index (κ1) is 13.6. The maximum atomic E-state index is 10.3. The van der Waals surface area contributed by atoms with Crippen LogP contribution in [0.25, 0.3) is 11.1 Å². The molecule has 0 fully saturated rings. The predicted molar refractivity (Wildman–Crippen MR) is 87.0 cm³/mol. The van der Waals surface area contributed by atoms with Crippen molar-refractivity contribution in [1.82, 2.24) is 0 Å². The quantitative estimate of drug-likeness (QED) is 0.735. The van der Waals surface area contributed by atoms with Crippen molar-refractivity contribution in [2.75, 3.05) is 0 Å². The van der Waals surface area contributed by atoms with Gasteiger partial charge in [-0.1, -0.05) is 84.9 Å². The van der Waals surface area contributed by atoms with Crippen molar-refractivity contribution < 1.29 is 5.11 Å². The third-order valence-corrected chi connectivity index (χ3v) is 3.67. The lowest BCUT2D eigenvalue weighted by Gasteiger charge is -2.11. The van der Waals surface area contributed by atoms with E-state index in [-0.39, 0.29) is 0 Å². The average molecular weight is 274 g/mol. The van der Waals surface area contributed by atoms with E-state index in [9.17, 15) is 5.11 Å². The van der Waals surface area contributed by atoms with Gasteiger partial charge in [-0.15, -0.1) is 0 Å². The van der Waals surface area contributed by atoms with Crippen LogP contribution in [0, 0.1) is 0 Å². The van der Waals surface area contributed by atoms with Gasteiger partial charge in [-0.3, -0.25) is 0 Å². The highest BCUT2D eigenvalue weighted by Crippen LogP contribution is 2.22. The highest BCUT2D eigenvalue weighted by Gasteiger charge is 2.08. The second kappa shape index (κ2) is 6.38. The summed E-state index contributed by atoms with van der Waals surface area (Å²) in [5.74, 6) is 0. The maximum Gasteiger partial charge on any atom is 0.0830 e. The molecule has 1 unspecified atom stereocenters. The zero-order chi connectivity index (χ0) is 14.5. The van der Waals surface area contributed by atoms with Crippen molar-refractivity contribution >= 4 is 0 Å². The molecule has 1 atom stereocenters. The highest BCUT2D eigenvalue weighted by molar-refractivity contribution is 5.63.